The van der Waals surface area contributed by atoms with Crippen LogP contribution in [-0.2, 0) is 11.3 Å². The summed E-state index contributed by atoms with van der Waals surface area (Å²) in [5.41, 5.74) is 1.27. The van der Waals surface area contributed by atoms with Gasteiger partial charge in [-0.2, -0.15) is 4.80 Å². The number of benzene rings is 1. The number of pyridine rings is 1. The number of carbonyl (C=O) groups is 1. The molecule has 1 unspecified atom stereocenters. The molecule has 0 aliphatic rings. The number of hydrogen-bond donors (Lipinski definition) is 0. The molecule has 2 aromatic heterocycles. The van der Waals surface area contributed by atoms with E-state index >= 15 is 0 Å². The van der Waals surface area contributed by atoms with Crippen LogP contribution in [0.25, 0.3) is 0 Å². The Morgan fingerprint density at radius 3 is 2.26 bits per heavy atom. The molecule has 1 atom stereocenters. The second kappa shape index (κ2) is 14.3. The maximum atomic E-state index is 13.3. The van der Waals surface area contributed by atoms with E-state index in [0.29, 0.717) is 22.7 Å². The van der Waals surface area contributed by atoms with Gasteiger partial charge in [-0.25, -0.2) is 4.98 Å². The number of nitrogens with zero attached hydrogens (tertiary/aromatic N) is 6. The van der Waals surface area contributed by atoms with Crippen molar-refractivity contribution in [3.63, 3.8) is 0 Å². The van der Waals surface area contributed by atoms with Gasteiger partial charge in [-0.1, -0.05) is 101 Å². The fourth-order valence-corrected chi connectivity index (χ4v) is 4.17. The molecule has 8 heteroatoms. The maximum absolute atomic E-state index is 13.3. The van der Waals surface area contributed by atoms with Gasteiger partial charge in [0.15, 0.2) is 5.82 Å². The number of hydroxylamine groups is 1. The fraction of sp³-hybridized carbons (Fsp3) is 0.519. The number of aryl methyl sites for hydroxylation is 2. The number of unbranched alkanes of at least 4 members (excludes halogenated alkanes) is 9. The number of rotatable bonds is 15. The van der Waals surface area contributed by atoms with Gasteiger partial charge in [-0.05, 0) is 35.8 Å². The number of tetrazole rings is 1. The molecule has 3 rings (SSSR count). The minimum absolute atomic E-state index is 0.0798. The molecule has 0 saturated heterocycles. The summed E-state index contributed by atoms with van der Waals surface area (Å²) in [5, 5.41) is 26.1. The molecule has 0 aliphatic heterocycles. The molecule has 1 aromatic carbocycles. The van der Waals surface area contributed by atoms with Gasteiger partial charge < -0.3 is 10.3 Å². The van der Waals surface area contributed by atoms with E-state index in [1.54, 1.807) is 31.2 Å². The summed E-state index contributed by atoms with van der Waals surface area (Å²) in [4.78, 5) is 18.9. The second-order valence-corrected chi connectivity index (χ2v) is 9.05. The maximum Gasteiger partial charge on any atom is 0.233 e. The SMILES string of the molecule is CCCCCCCCCCCCn1nnc(C(C(=O)N([O-])c2ncccc2C)c2ccccc2)n1. The second-order valence-electron chi connectivity index (χ2n) is 9.05. The Hall–Kier alpha value is -3.13. The predicted molar refractivity (Wildman–Crippen MR) is 138 cm³/mol. The average molecular weight is 478 g/mol. The van der Waals surface area contributed by atoms with Gasteiger partial charge in [0.2, 0.25) is 5.91 Å². The fourth-order valence-electron chi connectivity index (χ4n) is 4.17. The van der Waals surface area contributed by atoms with Gasteiger partial charge in [-0.15, -0.1) is 10.2 Å². The molecule has 0 N–H and O–H groups in total. The van der Waals surface area contributed by atoms with E-state index in [1.165, 1.54) is 62.4 Å². The van der Waals surface area contributed by atoms with Crippen molar-refractivity contribution in [3.8, 4) is 0 Å². The van der Waals surface area contributed by atoms with Crippen molar-refractivity contribution in [1.29, 1.82) is 0 Å². The summed E-state index contributed by atoms with van der Waals surface area (Å²) < 4.78 is 0. The number of anilines is 1. The normalized spacial score (nSPS) is 12.0. The molecule has 2 heterocycles. The van der Waals surface area contributed by atoms with Crippen molar-refractivity contribution in [2.24, 2.45) is 0 Å². The molecule has 1 amide bonds. The van der Waals surface area contributed by atoms with E-state index < -0.39 is 11.8 Å². The molecule has 0 aliphatic carbocycles. The van der Waals surface area contributed by atoms with Crippen LogP contribution in [0.5, 0.6) is 0 Å². The molecule has 0 radical (unpaired) electrons. The zero-order valence-electron chi connectivity index (χ0n) is 21.0. The smallest absolute Gasteiger partial charge is 0.233 e. The molecule has 0 fully saturated rings. The molecule has 3 aromatic rings. The van der Waals surface area contributed by atoms with Crippen molar-refractivity contribution in [3.05, 3.63) is 70.8 Å². The minimum atomic E-state index is -0.948. The van der Waals surface area contributed by atoms with Gasteiger partial charge in [0.05, 0.1) is 6.54 Å². The first-order valence-electron chi connectivity index (χ1n) is 12.9. The molecule has 0 saturated carbocycles. The van der Waals surface area contributed by atoms with Crippen LogP contribution in [0.4, 0.5) is 5.82 Å². The first-order valence-corrected chi connectivity index (χ1v) is 12.9. The highest BCUT2D eigenvalue weighted by atomic mass is 16.5. The summed E-state index contributed by atoms with van der Waals surface area (Å²) >= 11 is 0. The average Bonchev–Trinajstić information content (AvgIpc) is 3.34. The summed E-state index contributed by atoms with van der Waals surface area (Å²) in [6.45, 7) is 4.63. The first-order chi connectivity index (χ1) is 17.1. The van der Waals surface area contributed by atoms with Gasteiger partial charge in [0.25, 0.3) is 0 Å². The van der Waals surface area contributed by atoms with Crippen molar-refractivity contribution in [2.45, 2.75) is 90.5 Å². The lowest BCUT2D eigenvalue weighted by molar-refractivity contribution is -0.118. The lowest BCUT2D eigenvalue weighted by atomic mass is 9.97. The summed E-state index contributed by atoms with van der Waals surface area (Å²) in [6.07, 6.45) is 14.0. The van der Waals surface area contributed by atoms with Crippen molar-refractivity contribution >= 4 is 11.7 Å². The molecule has 35 heavy (non-hydrogen) atoms. The molecule has 8 nitrogen and oxygen atoms in total. The largest absolute Gasteiger partial charge is 0.751 e. The van der Waals surface area contributed by atoms with E-state index in [-0.39, 0.29) is 11.6 Å². The van der Waals surface area contributed by atoms with E-state index in [9.17, 15) is 10.0 Å². The highest BCUT2D eigenvalue weighted by molar-refractivity contribution is 6.00. The number of carbonyl (C=O) groups excluding carboxylic acids is 1. The standard InChI is InChI=1S/C27H37N6O2/c1-3-4-5-6-7-8-9-10-11-15-21-32-30-25(29-31-32)24(23-18-13-12-14-19-23)27(34)33(35)26-22(2)17-16-20-28-26/h12-14,16-20,24H,3-11,15,21H2,1-2H3/q-1. The molecular formula is C27H37N6O2-. The number of amides is 1. The highest BCUT2D eigenvalue weighted by Crippen LogP contribution is 2.27. The Morgan fingerprint density at radius 1 is 0.943 bits per heavy atom. The summed E-state index contributed by atoms with van der Waals surface area (Å²) in [7, 11) is 0. The molecular weight excluding hydrogens is 440 g/mol. The molecule has 188 valence electrons. The Balaban J connectivity index is 1.58. The molecule has 0 spiro atoms. The van der Waals surface area contributed by atoms with E-state index in [0.717, 1.165) is 12.8 Å². The van der Waals surface area contributed by atoms with Crippen LogP contribution in [0.15, 0.2) is 48.7 Å². The van der Waals surface area contributed by atoms with Crippen LogP contribution in [0.2, 0.25) is 0 Å². The van der Waals surface area contributed by atoms with Gasteiger partial charge in [-0.3, -0.25) is 4.79 Å². The van der Waals surface area contributed by atoms with Crippen molar-refractivity contribution < 1.29 is 4.79 Å². The van der Waals surface area contributed by atoms with E-state index in [1.807, 2.05) is 18.2 Å². The van der Waals surface area contributed by atoms with Gasteiger partial charge in [0, 0.05) is 6.20 Å². The lowest BCUT2D eigenvalue weighted by Crippen LogP contribution is -2.32. The van der Waals surface area contributed by atoms with Crippen LogP contribution in [0.1, 0.15) is 94.0 Å². The summed E-state index contributed by atoms with van der Waals surface area (Å²) in [5.74, 6) is -1.33. The Kier molecular flexibility index (Phi) is 10.8. The zero-order valence-corrected chi connectivity index (χ0v) is 21.0. The Bertz CT molecular complexity index is 1020. The first kappa shape index (κ1) is 26.5. The van der Waals surface area contributed by atoms with Crippen LogP contribution in [0, 0.1) is 12.1 Å². The zero-order chi connectivity index (χ0) is 24.9. The predicted octanol–water partition coefficient (Wildman–Crippen LogP) is 5.96. The van der Waals surface area contributed by atoms with E-state index in [2.05, 4.69) is 27.3 Å². The quantitative estimate of drug-likeness (QED) is 0.198. The van der Waals surface area contributed by atoms with Crippen LogP contribution < -0.4 is 5.06 Å². The van der Waals surface area contributed by atoms with Crippen LogP contribution in [-0.4, -0.2) is 31.1 Å². The van der Waals surface area contributed by atoms with Gasteiger partial charge in [0.1, 0.15) is 11.7 Å². The third-order valence-electron chi connectivity index (χ3n) is 6.19. The monoisotopic (exact) mass is 477 g/mol. The van der Waals surface area contributed by atoms with Crippen molar-refractivity contribution in [1.82, 2.24) is 25.2 Å². The Labute approximate surface area is 208 Å². The third-order valence-corrected chi connectivity index (χ3v) is 6.19. The number of aromatic nitrogens is 5. The Morgan fingerprint density at radius 2 is 1.60 bits per heavy atom. The number of hydrogen-bond acceptors (Lipinski definition) is 6. The third kappa shape index (κ3) is 7.96. The minimum Gasteiger partial charge on any atom is -0.751 e. The highest BCUT2D eigenvalue weighted by Gasteiger charge is 2.29. The molecule has 0 bridgehead atoms. The van der Waals surface area contributed by atoms with Crippen molar-refractivity contribution in [2.75, 3.05) is 5.06 Å². The van der Waals surface area contributed by atoms with Gasteiger partial charge >= 0.3 is 0 Å². The lowest BCUT2D eigenvalue weighted by Gasteiger charge is -2.31. The van der Waals surface area contributed by atoms with Crippen LogP contribution in [0.3, 0.4) is 0 Å². The topological polar surface area (TPSA) is 99.9 Å². The van der Waals surface area contributed by atoms with Crippen LogP contribution >= 0.6 is 0 Å². The van der Waals surface area contributed by atoms with E-state index in [4.69, 9.17) is 0 Å². The summed E-state index contributed by atoms with van der Waals surface area (Å²) in [6, 6.07) is 12.6.